The molecule has 2 unspecified atom stereocenters. The van der Waals surface area contributed by atoms with Crippen LogP contribution in [0.15, 0.2) is 24.3 Å². The van der Waals surface area contributed by atoms with Gasteiger partial charge in [0.2, 0.25) is 0 Å². The molecule has 0 fully saturated rings. The number of hydrogen-bond acceptors (Lipinski definition) is 0. The van der Waals surface area contributed by atoms with Crippen molar-refractivity contribution >= 4 is 0 Å². The molecular weight excluding hydrogens is 348 g/mol. The molecule has 0 heterocycles. The summed E-state index contributed by atoms with van der Waals surface area (Å²) in [5.74, 6) is 1.80. The first-order chi connectivity index (χ1) is 14.4. The molecule has 0 saturated heterocycles. The maximum Gasteiger partial charge on any atom is -0.0128 e. The van der Waals surface area contributed by atoms with E-state index in [1.54, 1.807) is 11.1 Å². The van der Waals surface area contributed by atoms with E-state index < -0.39 is 0 Å². The molecule has 0 nitrogen and oxygen atoms in total. The fourth-order valence-electron chi connectivity index (χ4n) is 5.53. The van der Waals surface area contributed by atoms with E-state index >= 15 is 0 Å². The molecule has 0 bridgehead atoms. The molecule has 0 saturated carbocycles. The minimum atomic E-state index is 0.857. The molecule has 0 amide bonds. The van der Waals surface area contributed by atoms with Gasteiger partial charge in [0.1, 0.15) is 0 Å². The third-order valence-corrected chi connectivity index (χ3v) is 7.36. The lowest BCUT2D eigenvalue weighted by Gasteiger charge is -2.25. The highest BCUT2D eigenvalue weighted by atomic mass is 14.3. The van der Waals surface area contributed by atoms with Crippen molar-refractivity contribution in [3.8, 4) is 0 Å². The first-order valence-corrected chi connectivity index (χ1v) is 13.4. The average molecular weight is 399 g/mol. The first kappa shape index (κ1) is 24.5. The average Bonchev–Trinajstić information content (AvgIpc) is 3.17. The molecule has 0 aromatic heterocycles. The molecule has 2 atom stereocenters. The maximum absolute atomic E-state index is 2.44. The summed E-state index contributed by atoms with van der Waals surface area (Å²) in [6.45, 7) is 4.63. The highest BCUT2D eigenvalue weighted by Gasteiger charge is 2.28. The Kier molecular flexibility index (Phi) is 13.5. The van der Waals surface area contributed by atoms with E-state index in [4.69, 9.17) is 0 Å². The zero-order valence-corrected chi connectivity index (χ0v) is 19.9. The van der Waals surface area contributed by atoms with Gasteiger partial charge >= 0.3 is 0 Å². The van der Waals surface area contributed by atoms with E-state index in [1.165, 1.54) is 122 Å². The first-order valence-electron chi connectivity index (χ1n) is 13.4. The van der Waals surface area contributed by atoms with Crippen LogP contribution in [0.25, 0.3) is 0 Å². The fraction of sp³-hybridized carbons (Fsp3) is 0.793. The van der Waals surface area contributed by atoms with Crippen molar-refractivity contribution in [1.82, 2.24) is 0 Å². The van der Waals surface area contributed by atoms with E-state index in [1.807, 2.05) is 0 Å². The predicted octanol–water partition coefficient (Wildman–Crippen LogP) is 10.0. The number of rotatable bonds is 18. The highest BCUT2D eigenvalue weighted by molar-refractivity contribution is 5.35. The summed E-state index contributed by atoms with van der Waals surface area (Å²) < 4.78 is 0. The number of hydrogen-bond donors (Lipinski definition) is 0. The Morgan fingerprint density at radius 2 is 1.14 bits per heavy atom. The van der Waals surface area contributed by atoms with Crippen molar-refractivity contribution < 1.29 is 0 Å². The third kappa shape index (κ3) is 9.71. The number of benzene rings is 1. The van der Waals surface area contributed by atoms with Crippen LogP contribution in [0.1, 0.15) is 146 Å². The molecule has 29 heavy (non-hydrogen) atoms. The van der Waals surface area contributed by atoms with Crippen molar-refractivity contribution in [2.75, 3.05) is 0 Å². The van der Waals surface area contributed by atoms with Gasteiger partial charge in [-0.1, -0.05) is 134 Å². The molecule has 0 N–H and O–H groups in total. The van der Waals surface area contributed by atoms with Gasteiger partial charge in [0.15, 0.2) is 0 Å². The zero-order chi connectivity index (χ0) is 20.6. The van der Waals surface area contributed by atoms with Crippen molar-refractivity contribution in [3.05, 3.63) is 35.4 Å². The van der Waals surface area contributed by atoms with E-state index in [9.17, 15) is 0 Å². The quantitative estimate of drug-likeness (QED) is 0.216. The van der Waals surface area contributed by atoms with Crippen LogP contribution >= 0.6 is 0 Å². The lowest BCUT2D eigenvalue weighted by atomic mass is 9.80. The van der Waals surface area contributed by atoms with E-state index in [0.29, 0.717) is 0 Å². The van der Waals surface area contributed by atoms with Crippen LogP contribution in [0.5, 0.6) is 0 Å². The lowest BCUT2D eigenvalue weighted by Crippen LogP contribution is -2.11. The summed E-state index contributed by atoms with van der Waals surface area (Å²) in [6, 6.07) is 9.34. The van der Waals surface area contributed by atoms with E-state index in [2.05, 4.69) is 38.1 Å². The molecule has 1 aliphatic carbocycles. The van der Waals surface area contributed by atoms with Crippen LogP contribution in [0.4, 0.5) is 0 Å². The molecule has 1 aromatic rings. The molecule has 1 aromatic carbocycles. The van der Waals surface area contributed by atoms with Gasteiger partial charge in [-0.25, -0.2) is 0 Å². The SMILES string of the molecule is CCCCCCCCCCCCC(CCCCCCC)C1CCc2ccccc21. The normalized spacial score (nSPS) is 16.8. The zero-order valence-electron chi connectivity index (χ0n) is 19.9. The maximum atomic E-state index is 2.44. The second-order valence-corrected chi connectivity index (χ2v) is 9.78. The van der Waals surface area contributed by atoms with Gasteiger partial charge in [0.05, 0.1) is 0 Å². The van der Waals surface area contributed by atoms with E-state index in [-0.39, 0.29) is 0 Å². The largest absolute Gasteiger partial charge is 0.0654 e. The molecule has 2 rings (SSSR count). The third-order valence-electron chi connectivity index (χ3n) is 7.36. The molecule has 166 valence electrons. The molecular formula is C29H50. The summed E-state index contributed by atoms with van der Waals surface area (Å²) in [6.07, 6.45) is 27.4. The van der Waals surface area contributed by atoms with Crippen LogP contribution in [-0.2, 0) is 6.42 Å². The Morgan fingerprint density at radius 3 is 1.69 bits per heavy atom. The van der Waals surface area contributed by atoms with Crippen LogP contribution < -0.4 is 0 Å². The van der Waals surface area contributed by atoms with Crippen LogP contribution in [0.3, 0.4) is 0 Å². The molecule has 0 aliphatic heterocycles. The van der Waals surface area contributed by atoms with Crippen LogP contribution in [0.2, 0.25) is 0 Å². The number of fused-ring (bicyclic) bond motifs is 1. The summed E-state index contributed by atoms with van der Waals surface area (Å²) >= 11 is 0. The topological polar surface area (TPSA) is 0 Å². The summed E-state index contributed by atoms with van der Waals surface area (Å²) in [7, 11) is 0. The molecule has 0 spiro atoms. The molecule has 1 aliphatic rings. The van der Waals surface area contributed by atoms with Gasteiger partial charge in [-0.05, 0) is 48.6 Å². The summed E-state index contributed by atoms with van der Waals surface area (Å²) in [5, 5.41) is 0. The predicted molar refractivity (Wildman–Crippen MR) is 131 cm³/mol. The van der Waals surface area contributed by atoms with Gasteiger partial charge in [-0.2, -0.15) is 0 Å². The molecule has 0 radical (unpaired) electrons. The fourth-order valence-corrected chi connectivity index (χ4v) is 5.53. The minimum absolute atomic E-state index is 0.857. The standard InChI is InChI=1S/C29H50/c1-3-5-7-9-10-11-12-13-15-17-21-26(20-16-14-8-6-4-2)29-25-24-27-22-18-19-23-28(27)29/h18-19,22-23,26,29H,3-17,20-21,24-25H2,1-2H3. The number of unbranched alkanes of at least 4 members (excludes halogenated alkanes) is 13. The Bertz CT molecular complexity index is 503. The minimum Gasteiger partial charge on any atom is -0.0654 e. The summed E-state index contributed by atoms with van der Waals surface area (Å²) in [4.78, 5) is 0. The Balaban J connectivity index is 1.68. The highest BCUT2D eigenvalue weighted by Crippen LogP contribution is 2.42. The van der Waals surface area contributed by atoms with Crippen molar-refractivity contribution in [1.29, 1.82) is 0 Å². The molecule has 0 heteroatoms. The van der Waals surface area contributed by atoms with Gasteiger partial charge in [-0.15, -0.1) is 0 Å². The van der Waals surface area contributed by atoms with Gasteiger partial charge < -0.3 is 0 Å². The van der Waals surface area contributed by atoms with Crippen LogP contribution in [0, 0.1) is 5.92 Å². The second kappa shape index (κ2) is 16.0. The van der Waals surface area contributed by atoms with Crippen molar-refractivity contribution in [3.63, 3.8) is 0 Å². The van der Waals surface area contributed by atoms with Crippen LogP contribution in [-0.4, -0.2) is 0 Å². The summed E-state index contributed by atoms with van der Waals surface area (Å²) in [5.41, 5.74) is 3.36. The smallest absolute Gasteiger partial charge is 0.0128 e. The van der Waals surface area contributed by atoms with Crippen molar-refractivity contribution in [2.24, 2.45) is 5.92 Å². The van der Waals surface area contributed by atoms with Crippen molar-refractivity contribution in [2.45, 2.75) is 142 Å². The monoisotopic (exact) mass is 398 g/mol. The van der Waals surface area contributed by atoms with E-state index in [0.717, 1.165) is 11.8 Å². The van der Waals surface area contributed by atoms with Gasteiger partial charge in [0.25, 0.3) is 0 Å². The second-order valence-electron chi connectivity index (χ2n) is 9.78. The Labute approximate surface area is 183 Å². The number of aryl methyl sites for hydroxylation is 1. The Morgan fingerprint density at radius 1 is 0.655 bits per heavy atom. The lowest BCUT2D eigenvalue weighted by molar-refractivity contribution is 0.339. The Hall–Kier alpha value is -0.780. The van der Waals surface area contributed by atoms with Gasteiger partial charge in [0, 0.05) is 0 Å². The van der Waals surface area contributed by atoms with Gasteiger partial charge in [-0.3, -0.25) is 0 Å².